The number of para-hydroxylation sites is 1. The highest BCUT2D eigenvalue weighted by atomic mass is 35.5. The third-order valence-electron chi connectivity index (χ3n) is 4.51. The van der Waals surface area contributed by atoms with Crippen LogP contribution in [0.15, 0.2) is 65.5 Å². The van der Waals surface area contributed by atoms with E-state index in [0.29, 0.717) is 5.02 Å². The second kappa shape index (κ2) is 7.71. The van der Waals surface area contributed by atoms with Gasteiger partial charge in [-0.3, -0.25) is 4.79 Å². The summed E-state index contributed by atoms with van der Waals surface area (Å²) >= 11 is 6.52. The third-order valence-corrected chi connectivity index (χ3v) is 4.83. The summed E-state index contributed by atoms with van der Waals surface area (Å²) in [6.45, 7) is 4.07. The van der Waals surface area contributed by atoms with Crippen LogP contribution in [-0.2, 0) is 6.42 Å². The molecule has 1 aromatic heterocycles. The zero-order valence-electron chi connectivity index (χ0n) is 14.6. The summed E-state index contributed by atoms with van der Waals surface area (Å²) in [4.78, 5) is 12.6. The molecule has 128 valence electrons. The van der Waals surface area contributed by atoms with Gasteiger partial charge in [-0.2, -0.15) is 0 Å². The van der Waals surface area contributed by atoms with Crippen molar-refractivity contribution in [2.45, 2.75) is 33.1 Å². The topological polar surface area (TPSA) is 22.0 Å². The van der Waals surface area contributed by atoms with E-state index in [9.17, 15) is 4.79 Å². The van der Waals surface area contributed by atoms with Crippen LogP contribution in [0.3, 0.4) is 0 Å². The monoisotopic (exact) mass is 351 g/mol. The van der Waals surface area contributed by atoms with Crippen molar-refractivity contribution in [2.24, 2.45) is 0 Å². The number of hydrogen-bond donors (Lipinski definition) is 0. The highest BCUT2D eigenvalue weighted by Gasteiger charge is 2.16. The van der Waals surface area contributed by atoms with E-state index in [4.69, 9.17) is 11.6 Å². The predicted molar refractivity (Wildman–Crippen MR) is 106 cm³/mol. The Morgan fingerprint density at radius 2 is 1.68 bits per heavy atom. The zero-order valence-corrected chi connectivity index (χ0v) is 15.4. The molecule has 0 atom stereocenters. The maximum atomic E-state index is 12.6. The molecule has 1 heterocycles. The first-order chi connectivity index (χ1) is 12.1. The molecule has 0 aliphatic heterocycles. The van der Waals surface area contributed by atoms with Crippen molar-refractivity contribution in [2.75, 3.05) is 0 Å². The Balaban J connectivity index is 2.37. The number of pyridine rings is 1. The summed E-state index contributed by atoms with van der Waals surface area (Å²) in [5.74, 6) is 0. The fourth-order valence-electron chi connectivity index (χ4n) is 3.13. The Bertz CT molecular complexity index is 929. The largest absolute Gasteiger partial charge is 0.312 e. The third kappa shape index (κ3) is 3.54. The Labute approximate surface area is 153 Å². The summed E-state index contributed by atoms with van der Waals surface area (Å²) in [6.07, 6.45) is 2.96. The molecule has 2 aromatic carbocycles. The van der Waals surface area contributed by atoms with Crippen LogP contribution in [0, 0.1) is 6.92 Å². The van der Waals surface area contributed by atoms with E-state index in [1.54, 1.807) is 6.07 Å². The number of rotatable bonds is 5. The lowest BCUT2D eigenvalue weighted by atomic mass is 10.0. The van der Waals surface area contributed by atoms with Gasteiger partial charge in [0.1, 0.15) is 0 Å². The molecular weight excluding hydrogens is 330 g/mol. The fourth-order valence-corrected chi connectivity index (χ4v) is 3.35. The first-order valence-electron chi connectivity index (χ1n) is 8.69. The fraction of sp³-hybridized carbons (Fsp3) is 0.227. The SMILES string of the molecule is CCCCc1c(C)c(=O)cc(-c2ccccc2)n1-c1ccccc1Cl. The second-order valence-electron chi connectivity index (χ2n) is 6.22. The van der Waals surface area contributed by atoms with Gasteiger partial charge < -0.3 is 4.57 Å². The number of benzene rings is 2. The molecule has 0 aliphatic carbocycles. The van der Waals surface area contributed by atoms with Crippen molar-refractivity contribution in [3.63, 3.8) is 0 Å². The average Bonchev–Trinajstić information content (AvgIpc) is 2.64. The first-order valence-corrected chi connectivity index (χ1v) is 9.07. The van der Waals surface area contributed by atoms with E-state index in [0.717, 1.165) is 47.5 Å². The lowest BCUT2D eigenvalue weighted by molar-refractivity contribution is 0.746. The minimum Gasteiger partial charge on any atom is -0.312 e. The smallest absolute Gasteiger partial charge is 0.185 e. The van der Waals surface area contributed by atoms with Crippen molar-refractivity contribution in [1.29, 1.82) is 0 Å². The average molecular weight is 352 g/mol. The Kier molecular flexibility index (Phi) is 5.40. The van der Waals surface area contributed by atoms with Crippen LogP contribution in [0.25, 0.3) is 16.9 Å². The Hall–Kier alpha value is -2.32. The van der Waals surface area contributed by atoms with Crippen LogP contribution >= 0.6 is 11.6 Å². The second-order valence-corrected chi connectivity index (χ2v) is 6.63. The quantitative estimate of drug-likeness (QED) is 0.568. The highest BCUT2D eigenvalue weighted by molar-refractivity contribution is 6.32. The normalized spacial score (nSPS) is 10.8. The van der Waals surface area contributed by atoms with Gasteiger partial charge in [-0.25, -0.2) is 0 Å². The number of unbranched alkanes of at least 4 members (excludes halogenated alkanes) is 1. The predicted octanol–water partition coefficient (Wildman–Crippen LogP) is 5.81. The first kappa shape index (κ1) is 17.5. The number of aromatic nitrogens is 1. The molecule has 0 fully saturated rings. The van der Waals surface area contributed by atoms with Crippen molar-refractivity contribution < 1.29 is 0 Å². The lowest BCUT2D eigenvalue weighted by Gasteiger charge is -2.22. The van der Waals surface area contributed by atoms with Gasteiger partial charge in [0.25, 0.3) is 0 Å². The molecular formula is C22H22ClNO. The zero-order chi connectivity index (χ0) is 17.8. The van der Waals surface area contributed by atoms with E-state index >= 15 is 0 Å². The number of hydrogen-bond acceptors (Lipinski definition) is 1. The minimum atomic E-state index is 0.0771. The maximum Gasteiger partial charge on any atom is 0.185 e. The molecule has 0 saturated heterocycles. The van der Waals surface area contributed by atoms with Crippen LogP contribution in [0.4, 0.5) is 0 Å². The molecule has 2 nitrogen and oxygen atoms in total. The molecule has 0 bridgehead atoms. The molecule has 0 aliphatic rings. The molecule has 0 spiro atoms. The van der Waals surface area contributed by atoms with Crippen molar-refractivity contribution in [3.05, 3.63) is 87.2 Å². The van der Waals surface area contributed by atoms with Gasteiger partial charge in [-0.05, 0) is 37.5 Å². The molecule has 0 N–H and O–H groups in total. The number of nitrogens with zero attached hydrogens (tertiary/aromatic N) is 1. The van der Waals surface area contributed by atoms with E-state index in [1.165, 1.54) is 0 Å². The van der Waals surface area contributed by atoms with Gasteiger partial charge in [0.05, 0.1) is 16.4 Å². The summed E-state index contributed by atoms with van der Waals surface area (Å²) in [5, 5.41) is 0.681. The molecule has 3 aromatic rings. The van der Waals surface area contributed by atoms with E-state index < -0.39 is 0 Å². The lowest BCUT2D eigenvalue weighted by Crippen LogP contribution is -2.18. The van der Waals surface area contributed by atoms with Crippen molar-refractivity contribution in [1.82, 2.24) is 4.57 Å². The van der Waals surface area contributed by atoms with Gasteiger partial charge in [-0.1, -0.05) is 67.4 Å². The molecule has 3 heteroatoms. The van der Waals surface area contributed by atoms with E-state index in [1.807, 2.05) is 61.5 Å². The van der Waals surface area contributed by atoms with Gasteiger partial charge in [-0.15, -0.1) is 0 Å². The van der Waals surface area contributed by atoms with E-state index in [-0.39, 0.29) is 5.43 Å². The van der Waals surface area contributed by atoms with Crippen LogP contribution in [0.2, 0.25) is 5.02 Å². The van der Waals surface area contributed by atoms with E-state index in [2.05, 4.69) is 11.5 Å². The van der Waals surface area contributed by atoms with Gasteiger partial charge >= 0.3 is 0 Å². The van der Waals surface area contributed by atoms with Crippen LogP contribution < -0.4 is 5.43 Å². The minimum absolute atomic E-state index is 0.0771. The number of halogens is 1. The summed E-state index contributed by atoms with van der Waals surface area (Å²) in [7, 11) is 0. The summed E-state index contributed by atoms with van der Waals surface area (Å²) in [6, 6.07) is 19.5. The molecule has 0 unspecified atom stereocenters. The standard InChI is InChI=1S/C22H22ClNO/c1-3-4-13-19-16(2)22(25)15-21(17-10-6-5-7-11-17)24(19)20-14-9-8-12-18(20)23/h5-12,14-15H,3-4,13H2,1-2H3. The van der Waals surface area contributed by atoms with Crippen LogP contribution in [0.1, 0.15) is 31.0 Å². The van der Waals surface area contributed by atoms with Gasteiger partial charge in [0.2, 0.25) is 0 Å². The summed E-state index contributed by atoms with van der Waals surface area (Å²) < 4.78 is 2.16. The van der Waals surface area contributed by atoms with Crippen LogP contribution in [-0.4, -0.2) is 4.57 Å². The molecule has 25 heavy (non-hydrogen) atoms. The Morgan fingerprint density at radius 1 is 1.00 bits per heavy atom. The highest BCUT2D eigenvalue weighted by Crippen LogP contribution is 2.29. The van der Waals surface area contributed by atoms with Crippen molar-refractivity contribution in [3.8, 4) is 16.9 Å². The summed E-state index contributed by atoms with van der Waals surface area (Å²) in [5.41, 5.74) is 4.73. The maximum absolute atomic E-state index is 12.6. The molecule has 0 amide bonds. The molecule has 3 rings (SSSR count). The van der Waals surface area contributed by atoms with Gasteiger partial charge in [0.15, 0.2) is 5.43 Å². The van der Waals surface area contributed by atoms with Crippen molar-refractivity contribution >= 4 is 11.6 Å². The molecule has 0 radical (unpaired) electrons. The van der Waals surface area contributed by atoms with Crippen LogP contribution in [0.5, 0.6) is 0 Å². The molecule has 0 saturated carbocycles. The Morgan fingerprint density at radius 3 is 2.36 bits per heavy atom. The van der Waals surface area contributed by atoms with Gasteiger partial charge in [0, 0.05) is 17.3 Å².